The molecule has 2 unspecified atom stereocenters. The number of hydrogen-bond acceptors (Lipinski definition) is 3. The molecule has 1 fully saturated rings. The molecular weight excluding hydrogens is 298 g/mol. The fourth-order valence-electron chi connectivity index (χ4n) is 2.46. The van der Waals surface area contributed by atoms with E-state index in [2.05, 4.69) is 0 Å². The van der Waals surface area contributed by atoms with Gasteiger partial charge in [-0.05, 0) is 37.5 Å². The minimum Gasteiger partial charge on any atom is -0.335 e. The highest BCUT2D eigenvalue weighted by Gasteiger charge is 2.39. The number of carbonyl (C=O) groups excluding carboxylic acids is 1. The van der Waals surface area contributed by atoms with Crippen molar-refractivity contribution in [2.24, 2.45) is 0 Å². The van der Waals surface area contributed by atoms with Crippen LogP contribution in [0.2, 0.25) is 0 Å². The van der Waals surface area contributed by atoms with Crippen molar-refractivity contribution in [1.82, 2.24) is 4.90 Å². The number of nitrogens with zero attached hydrogens (tertiary/aromatic N) is 1. The fourth-order valence-corrected chi connectivity index (χ4v) is 3.50. The summed E-state index contributed by atoms with van der Waals surface area (Å²) in [5, 5.41) is -0.800. The molecule has 0 aliphatic carbocycles. The molecule has 20 heavy (non-hydrogen) atoms. The van der Waals surface area contributed by atoms with Crippen molar-refractivity contribution in [1.29, 1.82) is 0 Å². The molecule has 1 aromatic rings. The van der Waals surface area contributed by atoms with Gasteiger partial charge in [0, 0.05) is 23.6 Å². The molecule has 1 aliphatic rings. The van der Waals surface area contributed by atoms with E-state index >= 15 is 0 Å². The summed E-state index contributed by atoms with van der Waals surface area (Å²) in [6, 6.07) is 5.88. The van der Waals surface area contributed by atoms with Crippen LogP contribution in [-0.2, 0) is 13.8 Å². The van der Waals surface area contributed by atoms with Crippen LogP contribution in [0.5, 0.6) is 0 Å². The second-order valence-electron chi connectivity index (χ2n) is 5.37. The van der Waals surface area contributed by atoms with Crippen molar-refractivity contribution in [2.45, 2.75) is 38.5 Å². The first kappa shape index (κ1) is 15.3. The van der Waals surface area contributed by atoms with E-state index in [9.17, 15) is 13.2 Å². The van der Waals surface area contributed by atoms with Crippen molar-refractivity contribution in [3.05, 3.63) is 34.9 Å². The predicted molar refractivity (Wildman–Crippen MR) is 79.2 cm³/mol. The quantitative estimate of drug-likeness (QED) is 0.805. The monoisotopic (exact) mass is 315 g/mol. The van der Waals surface area contributed by atoms with E-state index in [1.165, 1.54) is 5.56 Å². The first-order valence-corrected chi connectivity index (χ1v) is 8.87. The topological polar surface area (TPSA) is 54.5 Å². The van der Waals surface area contributed by atoms with Gasteiger partial charge in [-0.25, -0.2) is 8.42 Å². The average Bonchev–Trinajstić information content (AvgIpc) is 2.74. The first-order valence-electron chi connectivity index (χ1n) is 6.50. The summed E-state index contributed by atoms with van der Waals surface area (Å²) in [5.74, 6) is -0.162. The second kappa shape index (κ2) is 5.37. The van der Waals surface area contributed by atoms with E-state index in [-0.39, 0.29) is 24.9 Å². The highest BCUT2D eigenvalue weighted by atomic mass is 35.7. The van der Waals surface area contributed by atoms with E-state index < -0.39 is 14.3 Å². The minimum absolute atomic E-state index is 0.0268. The molecule has 4 nitrogen and oxygen atoms in total. The summed E-state index contributed by atoms with van der Waals surface area (Å²) in [5.41, 5.74) is 3.35. The molecule has 1 saturated heterocycles. The lowest BCUT2D eigenvalue weighted by Crippen LogP contribution is -2.30. The fraction of sp³-hybridized carbons (Fsp3) is 0.500. The number of carbonyl (C=O) groups is 1. The van der Waals surface area contributed by atoms with E-state index in [1.807, 2.05) is 39.0 Å². The highest BCUT2D eigenvalue weighted by molar-refractivity contribution is 8.14. The van der Waals surface area contributed by atoms with Gasteiger partial charge in [0.25, 0.3) is 0 Å². The number of rotatable bonds is 3. The summed E-state index contributed by atoms with van der Waals surface area (Å²) in [4.78, 5) is 13.6. The highest BCUT2D eigenvalue weighted by Crippen LogP contribution is 2.30. The van der Waals surface area contributed by atoms with Gasteiger partial charge in [-0.1, -0.05) is 18.2 Å². The van der Waals surface area contributed by atoms with Gasteiger partial charge in [-0.15, -0.1) is 0 Å². The lowest BCUT2D eigenvalue weighted by molar-refractivity contribution is -0.129. The Kier molecular flexibility index (Phi) is 4.12. The molecule has 0 spiro atoms. The van der Waals surface area contributed by atoms with Gasteiger partial charge in [0.2, 0.25) is 15.0 Å². The number of likely N-dealkylation sites (tertiary alicyclic amines) is 1. The Morgan fingerprint density at radius 3 is 2.45 bits per heavy atom. The first-order chi connectivity index (χ1) is 9.20. The van der Waals surface area contributed by atoms with Crippen molar-refractivity contribution < 1.29 is 13.2 Å². The average molecular weight is 316 g/mol. The lowest BCUT2D eigenvalue weighted by Gasteiger charge is -2.25. The molecule has 0 N–H and O–H groups in total. The Bertz CT molecular complexity index is 642. The Balaban J connectivity index is 2.23. The minimum atomic E-state index is -3.69. The summed E-state index contributed by atoms with van der Waals surface area (Å²) in [6.45, 7) is 6.12. The van der Waals surface area contributed by atoms with E-state index in [0.717, 1.165) is 11.1 Å². The van der Waals surface area contributed by atoms with Crippen LogP contribution in [0.4, 0.5) is 0 Å². The normalized spacial score (nSPS) is 21.3. The predicted octanol–water partition coefficient (Wildman–Crippen LogP) is 2.53. The molecule has 1 heterocycles. The standard InChI is InChI=1S/C14H18ClNO3S/c1-9-4-5-12(6-10(9)2)11(3)16-8-13(7-14(16)17)20(15,18)19/h4-6,11,13H,7-8H2,1-3H3. The lowest BCUT2D eigenvalue weighted by atomic mass is 10.0. The van der Waals surface area contributed by atoms with Crippen LogP contribution >= 0.6 is 10.7 Å². The summed E-state index contributed by atoms with van der Waals surface area (Å²) >= 11 is 0. The Morgan fingerprint density at radius 1 is 1.30 bits per heavy atom. The SMILES string of the molecule is Cc1ccc(C(C)N2CC(S(=O)(=O)Cl)CC2=O)cc1C. The van der Waals surface area contributed by atoms with Crippen molar-refractivity contribution in [3.63, 3.8) is 0 Å². The largest absolute Gasteiger partial charge is 0.335 e. The van der Waals surface area contributed by atoms with E-state index in [4.69, 9.17) is 10.7 Å². The zero-order valence-electron chi connectivity index (χ0n) is 11.8. The maximum absolute atomic E-state index is 12.0. The van der Waals surface area contributed by atoms with Gasteiger partial charge in [0.15, 0.2) is 0 Å². The molecule has 6 heteroatoms. The van der Waals surface area contributed by atoms with Crippen LogP contribution in [0.15, 0.2) is 18.2 Å². The molecule has 0 radical (unpaired) electrons. The molecule has 1 aromatic carbocycles. The number of amides is 1. The molecule has 110 valence electrons. The van der Waals surface area contributed by atoms with Gasteiger partial charge in [-0.2, -0.15) is 0 Å². The maximum atomic E-state index is 12.0. The molecule has 0 bridgehead atoms. The third-order valence-electron chi connectivity index (χ3n) is 4.00. The molecule has 2 atom stereocenters. The summed E-state index contributed by atoms with van der Waals surface area (Å²) in [7, 11) is 1.67. The third-order valence-corrected chi connectivity index (χ3v) is 5.87. The van der Waals surface area contributed by atoms with Gasteiger partial charge < -0.3 is 4.90 Å². The van der Waals surface area contributed by atoms with Gasteiger partial charge in [0.1, 0.15) is 5.25 Å². The van der Waals surface area contributed by atoms with Crippen LogP contribution in [0.25, 0.3) is 0 Å². The number of aryl methyl sites for hydroxylation is 2. The van der Waals surface area contributed by atoms with Crippen LogP contribution in [0, 0.1) is 13.8 Å². The molecule has 0 saturated carbocycles. The van der Waals surface area contributed by atoms with Crippen molar-refractivity contribution >= 4 is 25.6 Å². The summed E-state index contributed by atoms with van der Waals surface area (Å²) < 4.78 is 22.7. The van der Waals surface area contributed by atoms with E-state index in [0.29, 0.717) is 0 Å². The Hall–Kier alpha value is -1.07. The molecule has 1 aliphatic heterocycles. The molecule has 2 rings (SSSR count). The second-order valence-corrected chi connectivity index (χ2v) is 8.28. The van der Waals surface area contributed by atoms with Crippen LogP contribution in [-0.4, -0.2) is 31.0 Å². The van der Waals surface area contributed by atoms with E-state index in [1.54, 1.807) is 4.90 Å². The number of hydrogen-bond donors (Lipinski definition) is 0. The number of benzene rings is 1. The van der Waals surface area contributed by atoms with Crippen LogP contribution in [0.1, 0.15) is 36.1 Å². The number of halogens is 1. The smallest absolute Gasteiger partial charge is 0.237 e. The Morgan fingerprint density at radius 2 is 1.95 bits per heavy atom. The Labute approximate surface area is 124 Å². The zero-order chi connectivity index (χ0) is 15.1. The van der Waals surface area contributed by atoms with Gasteiger partial charge >= 0.3 is 0 Å². The third kappa shape index (κ3) is 2.99. The molecule has 1 amide bonds. The molecular formula is C14H18ClNO3S. The van der Waals surface area contributed by atoms with Crippen LogP contribution < -0.4 is 0 Å². The summed E-state index contributed by atoms with van der Waals surface area (Å²) in [6.07, 6.45) is -0.0268. The van der Waals surface area contributed by atoms with Crippen LogP contribution in [0.3, 0.4) is 0 Å². The molecule has 0 aromatic heterocycles. The maximum Gasteiger partial charge on any atom is 0.237 e. The zero-order valence-corrected chi connectivity index (χ0v) is 13.3. The van der Waals surface area contributed by atoms with Crippen molar-refractivity contribution in [2.75, 3.05) is 6.54 Å². The van der Waals surface area contributed by atoms with Gasteiger partial charge in [-0.3, -0.25) is 4.79 Å². The van der Waals surface area contributed by atoms with Gasteiger partial charge in [0.05, 0.1) is 6.04 Å². The van der Waals surface area contributed by atoms with Crippen molar-refractivity contribution in [3.8, 4) is 0 Å².